The SMILES string of the molecule is Cn1c(-c2cc(B(O)O)cc(-c3nc4ccccc4n3C)c2)nc2ccccc21. The molecule has 2 N–H and O–H groups in total. The number of aryl methyl sites for hydroxylation is 2. The molecule has 0 saturated carbocycles. The number of rotatable bonds is 3. The molecule has 6 nitrogen and oxygen atoms in total. The maximum Gasteiger partial charge on any atom is 0.488 e. The molecule has 0 aliphatic rings. The van der Waals surface area contributed by atoms with Gasteiger partial charge in [0.1, 0.15) is 11.6 Å². The quantitative estimate of drug-likeness (QED) is 0.470. The van der Waals surface area contributed by atoms with Gasteiger partial charge in [0.15, 0.2) is 0 Å². The number of fused-ring (bicyclic) bond motifs is 2. The van der Waals surface area contributed by atoms with Crippen molar-refractivity contribution < 1.29 is 10.0 Å². The van der Waals surface area contributed by atoms with E-state index in [1.54, 1.807) is 12.1 Å². The summed E-state index contributed by atoms with van der Waals surface area (Å²) in [4.78, 5) is 9.51. The fraction of sp³-hybridized carbons (Fsp3) is 0.0909. The van der Waals surface area contributed by atoms with Gasteiger partial charge in [0.25, 0.3) is 0 Å². The predicted molar refractivity (Wildman–Crippen MR) is 116 cm³/mol. The molecule has 0 bridgehead atoms. The number of nitrogens with zero attached hydrogens (tertiary/aromatic N) is 4. The van der Waals surface area contributed by atoms with Crippen molar-refractivity contribution in [1.82, 2.24) is 19.1 Å². The van der Waals surface area contributed by atoms with Crippen LogP contribution in [0.25, 0.3) is 44.8 Å². The van der Waals surface area contributed by atoms with Crippen molar-refractivity contribution in [3.05, 3.63) is 66.7 Å². The molecule has 0 spiro atoms. The first-order chi connectivity index (χ1) is 14.0. The summed E-state index contributed by atoms with van der Waals surface area (Å²) in [6.45, 7) is 0. The van der Waals surface area contributed by atoms with Gasteiger partial charge in [0.05, 0.1) is 22.1 Å². The molecule has 0 fully saturated rings. The van der Waals surface area contributed by atoms with E-state index in [0.29, 0.717) is 5.46 Å². The van der Waals surface area contributed by atoms with Gasteiger partial charge in [-0.3, -0.25) is 0 Å². The summed E-state index contributed by atoms with van der Waals surface area (Å²) in [6, 6.07) is 21.4. The number of hydrogen-bond acceptors (Lipinski definition) is 4. The molecule has 0 aliphatic carbocycles. The van der Waals surface area contributed by atoms with Crippen molar-refractivity contribution in [2.45, 2.75) is 0 Å². The molecule has 5 aromatic rings. The van der Waals surface area contributed by atoms with Gasteiger partial charge >= 0.3 is 7.12 Å². The first-order valence-electron chi connectivity index (χ1n) is 9.38. The fourth-order valence-electron chi connectivity index (χ4n) is 3.87. The number of imidazole rings is 2. The van der Waals surface area contributed by atoms with Crippen LogP contribution in [-0.2, 0) is 14.1 Å². The summed E-state index contributed by atoms with van der Waals surface area (Å²) in [5.41, 5.74) is 5.82. The number of benzene rings is 3. The van der Waals surface area contributed by atoms with Gasteiger partial charge in [-0.25, -0.2) is 9.97 Å². The summed E-state index contributed by atoms with van der Waals surface area (Å²) >= 11 is 0. The minimum atomic E-state index is -1.59. The van der Waals surface area contributed by atoms with Crippen LogP contribution in [0.5, 0.6) is 0 Å². The smallest absolute Gasteiger partial charge is 0.423 e. The van der Waals surface area contributed by atoms with E-state index >= 15 is 0 Å². The Bertz CT molecular complexity index is 1270. The maximum atomic E-state index is 9.89. The van der Waals surface area contributed by atoms with Crippen LogP contribution >= 0.6 is 0 Å². The first-order valence-corrected chi connectivity index (χ1v) is 9.38. The average molecular weight is 382 g/mol. The summed E-state index contributed by atoms with van der Waals surface area (Å²) in [5.74, 6) is 1.52. The second-order valence-electron chi connectivity index (χ2n) is 7.18. The van der Waals surface area contributed by atoms with Crippen LogP contribution in [0, 0.1) is 0 Å². The molecular weight excluding hydrogens is 363 g/mol. The van der Waals surface area contributed by atoms with E-state index in [1.165, 1.54) is 0 Å². The highest BCUT2D eigenvalue weighted by atomic mass is 16.4. The highest BCUT2D eigenvalue weighted by Crippen LogP contribution is 2.29. The normalized spacial score (nSPS) is 11.4. The Kier molecular flexibility index (Phi) is 4.01. The lowest BCUT2D eigenvalue weighted by molar-refractivity contribution is 0.426. The van der Waals surface area contributed by atoms with E-state index in [2.05, 4.69) is 0 Å². The van der Waals surface area contributed by atoms with Crippen molar-refractivity contribution in [2.75, 3.05) is 0 Å². The third-order valence-electron chi connectivity index (χ3n) is 5.34. The average Bonchev–Trinajstić information content (AvgIpc) is 3.26. The van der Waals surface area contributed by atoms with Crippen molar-refractivity contribution in [3.63, 3.8) is 0 Å². The van der Waals surface area contributed by atoms with Crippen LogP contribution in [0.2, 0.25) is 0 Å². The van der Waals surface area contributed by atoms with E-state index in [-0.39, 0.29) is 0 Å². The van der Waals surface area contributed by atoms with Crippen LogP contribution in [0.1, 0.15) is 0 Å². The molecule has 2 heterocycles. The summed E-state index contributed by atoms with van der Waals surface area (Å²) in [6.07, 6.45) is 0. The lowest BCUT2D eigenvalue weighted by Crippen LogP contribution is -2.30. The minimum absolute atomic E-state index is 0.400. The van der Waals surface area contributed by atoms with Gasteiger partial charge in [0, 0.05) is 25.2 Å². The first kappa shape index (κ1) is 17.7. The summed E-state index contributed by atoms with van der Waals surface area (Å²) < 4.78 is 4.02. The van der Waals surface area contributed by atoms with Gasteiger partial charge in [-0.1, -0.05) is 36.4 Å². The number of hydrogen-bond donors (Lipinski definition) is 2. The monoisotopic (exact) mass is 382 g/mol. The maximum absolute atomic E-state index is 9.89. The molecule has 2 aromatic heterocycles. The van der Waals surface area contributed by atoms with E-state index in [9.17, 15) is 10.0 Å². The van der Waals surface area contributed by atoms with Crippen LogP contribution < -0.4 is 5.46 Å². The van der Waals surface area contributed by atoms with Crippen molar-refractivity contribution >= 4 is 34.6 Å². The van der Waals surface area contributed by atoms with E-state index in [4.69, 9.17) is 9.97 Å². The number of aromatic nitrogens is 4. The van der Waals surface area contributed by atoms with Crippen molar-refractivity contribution in [2.24, 2.45) is 14.1 Å². The Hall–Kier alpha value is -3.42. The van der Waals surface area contributed by atoms with Crippen LogP contribution in [0.3, 0.4) is 0 Å². The Morgan fingerprint density at radius 3 is 1.55 bits per heavy atom. The Balaban J connectivity index is 1.76. The van der Waals surface area contributed by atoms with E-state index < -0.39 is 7.12 Å². The van der Waals surface area contributed by atoms with Gasteiger partial charge in [-0.05, 0) is 35.8 Å². The Labute approximate surface area is 167 Å². The van der Waals surface area contributed by atoms with Gasteiger partial charge in [0.2, 0.25) is 0 Å². The van der Waals surface area contributed by atoms with Gasteiger partial charge in [-0.15, -0.1) is 0 Å². The zero-order valence-corrected chi connectivity index (χ0v) is 16.1. The second kappa shape index (κ2) is 6.58. The molecule has 0 saturated heterocycles. The van der Waals surface area contributed by atoms with Crippen molar-refractivity contribution in [1.29, 1.82) is 0 Å². The molecule has 5 rings (SSSR count). The molecule has 29 heavy (non-hydrogen) atoms. The Morgan fingerprint density at radius 1 is 0.690 bits per heavy atom. The standard InChI is InChI=1S/C22H19BN4O2/c1-26-19-9-5-3-7-17(19)24-21(26)14-11-15(13-16(12-14)23(28)29)22-25-18-8-4-6-10-20(18)27(22)2/h3-13,28-29H,1-2H3. The highest BCUT2D eigenvalue weighted by molar-refractivity contribution is 6.58. The Morgan fingerprint density at radius 2 is 1.14 bits per heavy atom. The van der Waals surface area contributed by atoms with E-state index in [1.807, 2.05) is 77.8 Å². The van der Waals surface area contributed by atoms with Crippen LogP contribution in [0.15, 0.2) is 66.7 Å². The third-order valence-corrected chi connectivity index (χ3v) is 5.34. The zero-order chi connectivity index (χ0) is 20.1. The lowest BCUT2D eigenvalue weighted by atomic mass is 9.78. The second-order valence-corrected chi connectivity index (χ2v) is 7.18. The molecule has 0 radical (unpaired) electrons. The minimum Gasteiger partial charge on any atom is -0.423 e. The predicted octanol–water partition coefficient (Wildman–Crippen LogP) is 2.47. The fourth-order valence-corrected chi connectivity index (χ4v) is 3.87. The summed E-state index contributed by atoms with van der Waals surface area (Å²) in [5, 5.41) is 19.8. The molecule has 0 unspecified atom stereocenters. The lowest BCUT2D eigenvalue weighted by Gasteiger charge is -2.10. The van der Waals surface area contributed by atoms with Crippen LogP contribution in [-0.4, -0.2) is 36.3 Å². The molecular formula is C22H19BN4O2. The van der Waals surface area contributed by atoms with E-state index in [0.717, 1.165) is 44.8 Å². The third kappa shape index (κ3) is 2.83. The molecule has 0 amide bonds. The molecule has 142 valence electrons. The summed E-state index contributed by atoms with van der Waals surface area (Å²) in [7, 11) is 2.33. The topological polar surface area (TPSA) is 76.1 Å². The van der Waals surface area contributed by atoms with Gasteiger partial charge in [-0.2, -0.15) is 0 Å². The molecule has 3 aromatic carbocycles. The zero-order valence-electron chi connectivity index (χ0n) is 16.1. The molecule has 0 aliphatic heterocycles. The largest absolute Gasteiger partial charge is 0.488 e. The number of para-hydroxylation sites is 4. The molecule has 7 heteroatoms. The van der Waals surface area contributed by atoms with Gasteiger partial charge < -0.3 is 19.2 Å². The molecule has 0 atom stereocenters. The highest BCUT2D eigenvalue weighted by Gasteiger charge is 2.19. The van der Waals surface area contributed by atoms with Crippen molar-refractivity contribution in [3.8, 4) is 22.8 Å². The van der Waals surface area contributed by atoms with Crippen LogP contribution in [0.4, 0.5) is 0 Å².